The maximum Gasteiger partial charge on any atom is 0.208 e. The highest BCUT2D eigenvalue weighted by molar-refractivity contribution is 5.97. The molecule has 0 bridgehead atoms. The molecule has 2 N–H and O–H groups in total. The number of methoxy groups -OCH3 is 2. The Kier molecular flexibility index (Phi) is 2.86. The van der Waals surface area contributed by atoms with Gasteiger partial charge >= 0.3 is 0 Å². The summed E-state index contributed by atoms with van der Waals surface area (Å²) in [5.74, 6) is -0.157. The second-order valence-electron chi connectivity index (χ2n) is 4.44. The van der Waals surface area contributed by atoms with Gasteiger partial charge in [0, 0.05) is 12.1 Å². The molecule has 0 aliphatic heterocycles. The minimum absolute atomic E-state index is 0.0917. The Morgan fingerprint density at radius 3 is 2.43 bits per heavy atom. The van der Waals surface area contributed by atoms with Crippen LogP contribution in [0.2, 0.25) is 0 Å². The Balaban J connectivity index is 2.57. The summed E-state index contributed by atoms with van der Waals surface area (Å²) in [6.45, 7) is 0. The van der Waals surface area contributed by atoms with Gasteiger partial charge in [-0.25, -0.2) is 0 Å². The molecule has 1 aromatic heterocycles. The third kappa shape index (κ3) is 1.84. The largest absolute Gasteiger partial charge is 0.504 e. The van der Waals surface area contributed by atoms with Gasteiger partial charge < -0.3 is 24.1 Å². The van der Waals surface area contributed by atoms with Gasteiger partial charge in [0.1, 0.15) is 33.4 Å². The van der Waals surface area contributed by atoms with Crippen molar-refractivity contribution < 1.29 is 24.1 Å². The summed E-state index contributed by atoms with van der Waals surface area (Å²) in [4.78, 5) is 12.6. The van der Waals surface area contributed by atoms with Crippen LogP contribution in [0.5, 0.6) is 23.0 Å². The zero-order valence-corrected chi connectivity index (χ0v) is 11.3. The Morgan fingerprint density at radius 1 is 1.00 bits per heavy atom. The average molecular weight is 288 g/mol. The highest BCUT2D eigenvalue weighted by Gasteiger charge is 2.18. The topological polar surface area (TPSA) is 89.1 Å². The van der Waals surface area contributed by atoms with Crippen molar-refractivity contribution in [2.75, 3.05) is 14.2 Å². The van der Waals surface area contributed by atoms with E-state index in [1.807, 2.05) is 0 Å². The average Bonchev–Trinajstić information content (AvgIpc) is 2.49. The molecule has 6 heteroatoms. The molecule has 0 fully saturated rings. The lowest BCUT2D eigenvalue weighted by molar-refractivity contribution is 0.396. The zero-order chi connectivity index (χ0) is 15.1. The predicted octanol–water partition coefficient (Wildman–Crippen LogP) is 2.37. The van der Waals surface area contributed by atoms with E-state index in [-0.39, 0.29) is 33.4 Å². The van der Waals surface area contributed by atoms with Gasteiger partial charge in [-0.05, 0) is 12.1 Å². The lowest BCUT2D eigenvalue weighted by Crippen LogP contribution is -2.05. The first-order chi connectivity index (χ1) is 10.1. The van der Waals surface area contributed by atoms with E-state index in [0.29, 0.717) is 5.75 Å². The van der Waals surface area contributed by atoms with E-state index in [0.717, 1.165) is 0 Å². The third-order valence-corrected chi connectivity index (χ3v) is 3.29. The maximum atomic E-state index is 12.6. The molecule has 0 radical (unpaired) electrons. The molecule has 6 nitrogen and oxygen atoms in total. The van der Waals surface area contributed by atoms with Crippen LogP contribution in [0.25, 0.3) is 21.9 Å². The van der Waals surface area contributed by atoms with Crippen molar-refractivity contribution >= 4 is 21.9 Å². The molecule has 0 spiro atoms. The third-order valence-electron chi connectivity index (χ3n) is 3.29. The summed E-state index contributed by atoms with van der Waals surface area (Å²) >= 11 is 0. The Hall–Kier alpha value is -2.89. The van der Waals surface area contributed by atoms with E-state index in [2.05, 4.69) is 0 Å². The summed E-state index contributed by atoms with van der Waals surface area (Å²) in [7, 11) is 2.91. The highest BCUT2D eigenvalue weighted by atomic mass is 16.5. The number of benzene rings is 2. The number of fused-ring (bicyclic) bond motifs is 2. The quantitative estimate of drug-likeness (QED) is 0.556. The molecule has 0 aliphatic carbocycles. The van der Waals surface area contributed by atoms with Crippen molar-refractivity contribution in [3.8, 4) is 23.0 Å². The summed E-state index contributed by atoms with van der Waals surface area (Å²) in [5.41, 5.74) is -0.0500. The van der Waals surface area contributed by atoms with Gasteiger partial charge in [-0.2, -0.15) is 0 Å². The second-order valence-corrected chi connectivity index (χ2v) is 4.44. The van der Waals surface area contributed by atoms with Crippen molar-refractivity contribution in [1.82, 2.24) is 0 Å². The molecule has 21 heavy (non-hydrogen) atoms. The standard InChI is InChI=1S/C15H12O6/c1-19-7-5-10(20-2)12-11(6-7)21-9-4-3-8(16)14(17)13(9)15(12)18/h3-6,16-17H,1-2H3. The Morgan fingerprint density at radius 2 is 1.76 bits per heavy atom. The molecule has 0 atom stereocenters. The molecule has 0 saturated carbocycles. The van der Waals surface area contributed by atoms with Crippen LogP contribution in [0.3, 0.4) is 0 Å². The van der Waals surface area contributed by atoms with Gasteiger partial charge in [-0.3, -0.25) is 4.79 Å². The van der Waals surface area contributed by atoms with Crippen LogP contribution >= 0.6 is 0 Å². The van der Waals surface area contributed by atoms with Gasteiger partial charge in [-0.15, -0.1) is 0 Å². The molecule has 3 aromatic rings. The van der Waals surface area contributed by atoms with Gasteiger partial charge in [0.2, 0.25) is 5.43 Å². The zero-order valence-electron chi connectivity index (χ0n) is 11.3. The van der Waals surface area contributed by atoms with Crippen LogP contribution < -0.4 is 14.9 Å². The van der Waals surface area contributed by atoms with Crippen LogP contribution in [0.4, 0.5) is 0 Å². The first kappa shape index (κ1) is 13.1. The molecule has 0 saturated heterocycles. The molecule has 108 valence electrons. The fraction of sp³-hybridized carbons (Fsp3) is 0.133. The monoisotopic (exact) mass is 288 g/mol. The van der Waals surface area contributed by atoms with Crippen molar-refractivity contribution in [1.29, 1.82) is 0 Å². The Labute approximate surface area is 118 Å². The van der Waals surface area contributed by atoms with E-state index in [9.17, 15) is 15.0 Å². The lowest BCUT2D eigenvalue weighted by Gasteiger charge is -2.09. The molecule has 0 amide bonds. The molecular weight excluding hydrogens is 276 g/mol. The fourth-order valence-electron chi connectivity index (χ4n) is 2.26. The van der Waals surface area contributed by atoms with E-state index < -0.39 is 11.2 Å². The van der Waals surface area contributed by atoms with Crippen LogP contribution in [0.1, 0.15) is 0 Å². The van der Waals surface area contributed by atoms with Gasteiger partial charge in [0.15, 0.2) is 11.5 Å². The molecule has 0 unspecified atom stereocenters. The first-order valence-electron chi connectivity index (χ1n) is 6.10. The van der Waals surface area contributed by atoms with Gasteiger partial charge in [0.05, 0.1) is 14.2 Å². The van der Waals surface area contributed by atoms with Crippen molar-refractivity contribution in [2.24, 2.45) is 0 Å². The number of hydrogen-bond donors (Lipinski definition) is 2. The van der Waals surface area contributed by atoms with Gasteiger partial charge in [0.25, 0.3) is 0 Å². The highest BCUT2D eigenvalue weighted by Crippen LogP contribution is 2.36. The number of phenols is 2. The van der Waals surface area contributed by atoms with E-state index in [4.69, 9.17) is 13.9 Å². The first-order valence-corrected chi connectivity index (χ1v) is 6.10. The van der Waals surface area contributed by atoms with Crippen molar-refractivity contribution in [3.63, 3.8) is 0 Å². The van der Waals surface area contributed by atoms with Crippen LogP contribution in [0.15, 0.2) is 33.5 Å². The molecular formula is C15H12O6. The number of hydrogen-bond acceptors (Lipinski definition) is 6. The minimum atomic E-state index is -0.513. The summed E-state index contributed by atoms with van der Waals surface area (Å²) in [6, 6.07) is 5.77. The summed E-state index contributed by atoms with van der Waals surface area (Å²) in [5, 5.41) is 19.5. The van der Waals surface area contributed by atoms with E-state index >= 15 is 0 Å². The second kappa shape index (κ2) is 4.59. The SMILES string of the molecule is COc1cc(OC)c2c(=O)c3c(O)c(O)ccc3oc2c1. The van der Waals surface area contributed by atoms with Crippen LogP contribution in [-0.4, -0.2) is 24.4 Å². The molecule has 2 aromatic carbocycles. The molecule has 0 aliphatic rings. The molecule has 3 rings (SSSR count). The summed E-state index contributed by atoms with van der Waals surface area (Å²) in [6.07, 6.45) is 0. The number of aromatic hydroxyl groups is 2. The number of ether oxygens (including phenoxy) is 2. The maximum absolute atomic E-state index is 12.6. The number of phenolic OH excluding ortho intramolecular Hbond substituents is 2. The Bertz CT molecular complexity index is 910. The lowest BCUT2D eigenvalue weighted by atomic mass is 10.1. The minimum Gasteiger partial charge on any atom is -0.504 e. The fourth-order valence-corrected chi connectivity index (χ4v) is 2.26. The van der Waals surface area contributed by atoms with Crippen molar-refractivity contribution in [3.05, 3.63) is 34.5 Å². The van der Waals surface area contributed by atoms with E-state index in [1.165, 1.54) is 26.4 Å². The predicted molar refractivity (Wildman–Crippen MR) is 76.4 cm³/mol. The number of rotatable bonds is 2. The van der Waals surface area contributed by atoms with Crippen LogP contribution in [0, 0.1) is 0 Å². The summed E-state index contributed by atoms with van der Waals surface area (Å²) < 4.78 is 15.9. The van der Waals surface area contributed by atoms with Crippen molar-refractivity contribution in [2.45, 2.75) is 0 Å². The molecule has 1 heterocycles. The normalized spacial score (nSPS) is 11.0. The van der Waals surface area contributed by atoms with E-state index in [1.54, 1.807) is 12.1 Å². The van der Waals surface area contributed by atoms with Crippen LogP contribution in [-0.2, 0) is 0 Å². The van der Waals surface area contributed by atoms with Gasteiger partial charge in [-0.1, -0.05) is 0 Å². The smallest absolute Gasteiger partial charge is 0.208 e.